The molecule has 1 saturated heterocycles. The first-order valence-corrected chi connectivity index (χ1v) is 11.1. The normalized spacial score (nSPS) is 59.3. The van der Waals surface area contributed by atoms with Gasteiger partial charge in [0, 0.05) is 5.41 Å². The molecule has 4 heteroatoms. The van der Waals surface area contributed by atoms with Gasteiger partial charge in [-0.2, -0.15) is 5.26 Å². The molecule has 152 valence electrons. The molecule has 0 aromatic rings. The van der Waals surface area contributed by atoms with Gasteiger partial charge in [0.1, 0.15) is 11.5 Å². The maximum absolute atomic E-state index is 12.9. The minimum atomic E-state index is -0.759. The highest BCUT2D eigenvalue weighted by Gasteiger charge is 2.84. The van der Waals surface area contributed by atoms with Gasteiger partial charge in [-0.3, -0.25) is 4.79 Å². The molecule has 0 aromatic carbocycles. The van der Waals surface area contributed by atoms with Crippen LogP contribution in [-0.2, 0) is 9.53 Å². The van der Waals surface area contributed by atoms with Gasteiger partial charge < -0.3 is 9.84 Å². The molecule has 1 spiro atoms. The van der Waals surface area contributed by atoms with Crippen molar-refractivity contribution in [3.63, 3.8) is 0 Å². The minimum Gasteiger partial charge on any atom is -0.389 e. The van der Waals surface area contributed by atoms with E-state index in [-0.39, 0.29) is 22.2 Å². The van der Waals surface area contributed by atoms with Gasteiger partial charge >= 0.3 is 0 Å². The van der Waals surface area contributed by atoms with Crippen LogP contribution in [0.1, 0.15) is 72.1 Å². The fourth-order valence-corrected chi connectivity index (χ4v) is 8.91. The molecule has 4 saturated carbocycles. The maximum atomic E-state index is 12.9. The molecule has 0 bridgehead atoms. The Morgan fingerprint density at radius 2 is 1.86 bits per heavy atom. The summed E-state index contributed by atoms with van der Waals surface area (Å²) in [5, 5.41) is 21.1. The molecule has 4 nitrogen and oxygen atoms in total. The number of carbonyl (C=O) groups is 1. The number of epoxide rings is 1. The summed E-state index contributed by atoms with van der Waals surface area (Å²) >= 11 is 0. The number of Topliss-reactive ketones (excluding diaryl/α,β-unsaturated/α-hetero) is 1. The van der Waals surface area contributed by atoms with Crippen molar-refractivity contribution >= 4 is 5.78 Å². The Hall–Kier alpha value is -1.18. The highest BCUT2D eigenvalue weighted by molar-refractivity contribution is 5.96. The Bertz CT molecular complexity index is 802. The highest BCUT2D eigenvalue weighted by atomic mass is 16.6. The van der Waals surface area contributed by atoms with E-state index in [1.165, 1.54) is 0 Å². The standard InChI is InChI=1S/C24H33NO3/c1-5-9-23(27)11-8-17-16-6-12-24-21(3,18(16)7-10-20(17,23)2)13-15(14-25)19(26)22(24,4)28-24/h5,15-18,27H,1,6-13H2,2-4H3/t15?,16-,17-,18+,20-,21+,22?,23?,24?/m0/s1. The number of nitrogens with zero attached hydrogens (tertiary/aromatic N) is 1. The molecule has 1 N–H and O–H groups in total. The number of rotatable bonds is 2. The van der Waals surface area contributed by atoms with E-state index in [9.17, 15) is 15.2 Å². The number of hydrogen-bond donors (Lipinski definition) is 1. The van der Waals surface area contributed by atoms with Crippen molar-refractivity contribution in [2.75, 3.05) is 0 Å². The number of fused-ring (bicyclic) bond motifs is 4. The van der Waals surface area contributed by atoms with E-state index >= 15 is 0 Å². The fraction of sp³-hybridized carbons (Fsp3) is 0.833. The number of ketones is 1. The van der Waals surface area contributed by atoms with E-state index in [4.69, 9.17) is 4.74 Å². The van der Waals surface area contributed by atoms with Crippen LogP contribution in [-0.4, -0.2) is 27.7 Å². The molecule has 0 amide bonds. The van der Waals surface area contributed by atoms with Crippen molar-refractivity contribution in [1.29, 1.82) is 5.26 Å². The van der Waals surface area contributed by atoms with Crippen LogP contribution in [0.2, 0.25) is 0 Å². The lowest BCUT2D eigenvalue weighted by molar-refractivity contribution is -0.156. The number of nitriles is 1. The molecule has 5 aliphatic rings. The van der Waals surface area contributed by atoms with Crippen molar-refractivity contribution in [1.82, 2.24) is 0 Å². The third-order valence-corrected chi connectivity index (χ3v) is 10.5. The molecule has 5 rings (SSSR count). The van der Waals surface area contributed by atoms with Crippen molar-refractivity contribution in [2.24, 2.45) is 34.5 Å². The predicted octanol–water partition coefficient (Wildman–Crippen LogP) is 4.18. The van der Waals surface area contributed by atoms with Crippen molar-refractivity contribution in [2.45, 2.75) is 88.9 Å². The molecule has 4 aliphatic carbocycles. The van der Waals surface area contributed by atoms with Crippen LogP contribution in [0, 0.1) is 45.8 Å². The van der Waals surface area contributed by atoms with Gasteiger partial charge in [-0.05, 0) is 81.5 Å². The third-order valence-electron chi connectivity index (χ3n) is 10.5. The molecule has 28 heavy (non-hydrogen) atoms. The van der Waals surface area contributed by atoms with Gasteiger partial charge in [-0.25, -0.2) is 0 Å². The van der Waals surface area contributed by atoms with Gasteiger partial charge in [0.15, 0.2) is 11.4 Å². The van der Waals surface area contributed by atoms with Crippen LogP contribution in [0.4, 0.5) is 0 Å². The molecule has 0 aromatic heterocycles. The van der Waals surface area contributed by atoms with Crippen LogP contribution >= 0.6 is 0 Å². The maximum Gasteiger partial charge on any atom is 0.184 e. The van der Waals surface area contributed by atoms with Crippen molar-refractivity contribution < 1.29 is 14.6 Å². The summed E-state index contributed by atoms with van der Waals surface area (Å²) in [5.74, 6) is 0.991. The zero-order chi connectivity index (χ0) is 20.2. The van der Waals surface area contributed by atoms with E-state index in [1.54, 1.807) is 0 Å². The van der Waals surface area contributed by atoms with Gasteiger partial charge in [0.2, 0.25) is 0 Å². The molecule has 0 radical (unpaired) electrons. The van der Waals surface area contributed by atoms with Gasteiger partial charge in [-0.15, -0.1) is 6.58 Å². The second-order valence-electron chi connectivity index (χ2n) is 11.1. The summed E-state index contributed by atoms with van der Waals surface area (Å²) in [4.78, 5) is 12.9. The summed E-state index contributed by atoms with van der Waals surface area (Å²) in [6, 6.07) is 2.29. The Morgan fingerprint density at radius 3 is 2.54 bits per heavy atom. The lowest BCUT2D eigenvalue weighted by Crippen LogP contribution is -2.62. The molecule has 5 fully saturated rings. The van der Waals surface area contributed by atoms with Crippen LogP contribution in [0.15, 0.2) is 12.7 Å². The molecule has 1 heterocycles. The minimum absolute atomic E-state index is 0.00722. The van der Waals surface area contributed by atoms with E-state index in [1.807, 2.05) is 13.0 Å². The third kappa shape index (κ3) is 1.79. The lowest BCUT2D eigenvalue weighted by Gasteiger charge is -2.61. The second-order valence-corrected chi connectivity index (χ2v) is 11.1. The first kappa shape index (κ1) is 18.8. The zero-order valence-electron chi connectivity index (χ0n) is 17.5. The summed E-state index contributed by atoms with van der Waals surface area (Å²) in [5.41, 5.74) is -1.95. The van der Waals surface area contributed by atoms with E-state index in [0.29, 0.717) is 30.6 Å². The zero-order valence-corrected chi connectivity index (χ0v) is 17.5. The Kier molecular flexibility index (Phi) is 3.56. The highest BCUT2D eigenvalue weighted by Crippen LogP contribution is 2.76. The Morgan fingerprint density at radius 1 is 1.18 bits per heavy atom. The summed E-state index contributed by atoms with van der Waals surface area (Å²) in [7, 11) is 0. The topological polar surface area (TPSA) is 73.6 Å². The smallest absolute Gasteiger partial charge is 0.184 e. The van der Waals surface area contributed by atoms with Crippen LogP contribution in [0.25, 0.3) is 0 Å². The van der Waals surface area contributed by atoms with Gasteiger partial charge in [-0.1, -0.05) is 19.9 Å². The Balaban J connectivity index is 1.52. The Labute approximate surface area is 168 Å². The first-order chi connectivity index (χ1) is 13.1. The number of hydrogen-bond acceptors (Lipinski definition) is 4. The predicted molar refractivity (Wildman–Crippen MR) is 105 cm³/mol. The molecular weight excluding hydrogens is 350 g/mol. The average Bonchev–Trinajstić information content (AvgIpc) is 3.20. The number of ether oxygens (including phenoxy) is 1. The van der Waals surface area contributed by atoms with Gasteiger partial charge in [0.25, 0.3) is 0 Å². The lowest BCUT2D eigenvalue weighted by atomic mass is 9.42. The summed E-state index contributed by atoms with van der Waals surface area (Å²) in [6.45, 7) is 10.4. The SMILES string of the molecule is C=CCC1(O)CC[C@H]2[C@@H]3CCC45OC4(C)C(=O)C(C#N)C[C@]5(C)[C@@H]3CC[C@@]21C. The average molecular weight is 384 g/mol. The van der Waals surface area contributed by atoms with Gasteiger partial charge in [0.05, 0.1) is 11.7 Å². The van der Waals surface area contributed by atoms with Crippen LogP contribution in [0.5, 0.6) is 0 Å². The first-order valence-electron chi connectivity index (χ1n) is 11.1. The van der Waals surface area contributed by atoms with E-state index in [2.05, 4.69) is 26.5 Å². The summed E-state index contributed by atoms with van der Waals surface area (Å²) in [6.07, 6.45) is 9.18. The van der Waals surface area contributed by atoms with E-state index < -0.39 is 17.1 Å². The van der Waals surface area contributed by atoms with Crippen LogP contribution in [0.3, 0.4) is 0 Å². The van der Waals surface area contributed by atoms with Crippen LogP contribution < -0.4 is 0 Å². The van der Waals surface area contributed by atoms with E-state index in [0.717, 1.165) is 38.5 Å². The van der Waals surface area contributed by atoms with Crippen molar-refractivity contribution in [3.05, 3.63) is 12.7 Å². The van der Waals surface area contributed by atoms with Crippen molar-refractivity contribution in [3.8, 4) is 6.07 Å². The second kappa shape index (κ2) is 5.29. The molecular formula is C24H33NO3. The molecule has 4 unspecified atom stereocenters. The summed E-state index contributed by atoms with van der Waals surface area (Å²) < 4.78 is 6.31. The number of carbonyl (C=O) groups excluding carboxylic acids is 1. The quantitative estimate of drug-likeness (QED) is 0.573. The fourth-order valence-electron chi connectivity index (χ4n) is 8.91. The monoisotopic (exact) mass is 383 g/mol. The largest absolute Gasteiger partial charge is 0.389 e. The number of aliphatic hydroxyl groups is 1. The molecule has 9 atom stereocenters. The molecule has 1 aliphatic heterocycles.